The molecule has 0 unspecified atom stereocenters. The van der Waals surface area contributed by atoms with Crippen molar-refractivity contribution in [2.75, 3.05) is 44.6 Å². The van der Waals surface area contributed by atoms with E-state index in [4.69, 9.17) is 11.6 Å². The number of carbonyl (C=O) groups is 3. The Hall–Kier alpha value is -3.17. The van der Waals surface area contributed by atoms with Gasteiger partial charge in [-0.05, 0) is 18.6 Å². The first-order valence-electron chi connectivity index (χ1n) is 11.5. The van der Waals surface area contributed by atoms with Crippen LogP contribution >= 0.6 is 11.6 Å². The Morgan fingerprint density at radius 1 is 1.06 bits per heavy atom. The van der Waals surface area contributed by atoms with Gasteiger partial charge in [0, 0.05) is 58.8 Å². The molecule has 3 amide bonds. The van der Waals surface area contributed by atoms with Gasteiger partial charge in [-0.15, -0.1) is 0 Å². The molecule has 3 heterocycles. The number of nitrogens with one attached hydrogen (secondary N) is 1. The maximum absolute atomic E-state index is 12.7. The number of hydrogen-bond acceptors (Lipinski definition) is 5. The fourth-order valence-electron chi connectivity index (χ4n) is 4.25. The molecule has 0 radical (unpaired) electrons. The van der Waals surface area contributed by atoms with Crippen molar-refractivity contribution in [2.24, 2.45) is 0 Å². The highest BCUT2D eigenvalue weighted by Crippen LogP contribution is 2.22. The third-order valence-corrected chi connectivity index (χ3v) is 6.52. The standard InChI is InChI=1S/C24H29ClN6O3/c1-18(32)29-11-5-10-28(12-13-29)9-4-8-23(33)30-14-15-31-21(16-26-22(31)17-30)24(34)27-20-7-3-2-6-19(20)25/h2-4,6-8,16H,5,9-15,17H2,1H3,(H,27,34)/b8-4+. The summed E-state index contributed by atoms with van der Waals surface area (Å²) in [7, 11) is 0. The number of aromatic nitrogens is 2. The van der Waals surface area contributed by atoms with E-state index in [0.717, 1.165) is 32.6 Å². The Bertz CT molecular complexity index is 1100. The molecule has 1 saturated heterocycles. The van der Waals surface area contributed by atoms with E-state index < -0.39 is 0 Å². The molecule has 0 atom stereocenters. The van der Waals surface area contributed by atoms with E-state index in [1.807, 2.05) is 15.5 Å². The van der Waals surface area contributed by atoms with Gasteiger partial charge in [-0.1, -0.05) is 29.8 Å². The summed E-state index contributed by atoms with van der Waals surface area (Å²) in [6.45, 7) is 6.83. The van der Waals surface area contributed by atoms with E-state index in [1.165, 1.54) is 6.20 Å². The van der Waals surface area contributed by atoms with Crippen molar-refractivity contribution in [3.8, 4) is 0 Å². The molecule has 10 heteroatoms. The number of para-hydroxylation sites is 1. The molecule has 2 aliphatic heterocycles. The molecule has 2 aromatic rings. The van der Waals surface area contributed by atoms with Crippen LogP contribution in [0.4, 0.5) is 5.69 Å². The van der Waals surface area contributed by atoms with Crippen molar-refractivity contribution in [1.29, 1.82) is 0 Å². The van der Waals surface area contributed by atoms with Crippen LogP contribution in [-0.2, 0) is 22.7 Å². The summed E-state index contributed by atoms with van der Waals surface area (Å²) in [5.41, 5.74) is 0.985. The zero-order valence-corrected chi connectivity index (χ0v) is 20.0. The second kappa shape index (κ2) is 10.8. The van der Waals surface area contributed by atoms with Gasteiger partial charge in [-0.3, -0.25) is 19.3 Å². The fourth-order valence-corrected chi connectivity index (χ4v) is 4.44. The Morgan fingerprint density at radius 2 is 1.85 bits per heavy atom. The molecule has 4 rings (SSSR count). The molecular weight excluding hydrogens is 456 g/mol. The molecule has 1 fully saturated rings. The summed E-state index contributed by atoms with van der Waals surface area (Å²) in [5.74, 6) is 0.429. The normalized spacial score (nSPS) is 16.9. The first-order valence-corrected chi connectivity index (χ1v) is 11.8. The molecule has 9 nitrogen and oxygen atoms in total. The number of benzene rings is 1. The molecular formula is C24H29ClN6O3. The Labute approximate surface area is 204 Å². The third kappa shape index (κ3) is 5.66. The number of rotatable bonds is 5. The van der Waals surface area contributed by atoms with Gasteiger partial charge in [0.2, 0.25) is 11.8 Å². The van der Waals surface area contributed by atoms with Gasteiger partial charge in [0.05, 0.1) is 23.5 Å². The quantitative estimate of drug-likeness (QED) is 0.657. The monoisotopic (exact) mass is 484 g/mol. The van der Waals surface area contributed by atoms with Crippen molar-refractivity contribution in [2.45, 2.75) is 26.4 Å². The molecule has 180 valence electrons. The molecule has 2 aliphatic rings. The van der Waals surface area contributed by atoms with Crippen LogP contribution in [0.2, 0.25) is 5.02 Å². The smallest absolute Gasteiger partial charge is 0.273 e. The number of imidazole rings is 1. The van der Waals surface area contributed by atoms with Gasteiger partial charge in [0.25, 0.3) is 5.91 Å². The van der Waals surface area contributed by atoms with E-state index >= 15 is 0 Å². The van der Waals surface area contributed by atoms with Crippen LogP contribution in [0, 0.1) is 0 Å². The summed E-state index contributed by atoms with van der Waals surface area (Å²) in [6, 6.07) is 7.06. The fraction of sp³-hybridized carbons (Fsp3) is 0.417. The van der Waals surface area contributed by atoms with Crippen molar-refractivity contribution in [3.05, 3.63) is 59.2 Å². The van der Waals surface area contributed by atoms with E-state index in [9.17, 15) is 14.4 Å². The number of anilines is 1. The zero-order valence-electron chi connectivity index (χ0n) is 19.2. The van der Waals surface area contributed by atoms with Crippen LogP contribution in [0.15, 0.2) is 42.6 Å². The zero-order chi connectivity index (χ0) is 24.1. The predicted molar refractivity (Wildman–Crippen MR) is 130 cm³/mol. The van der Waals surface area contributed by atoms with Crippen LogP contribution in [0.1, 0.15) is 29.7 Å². The van der Waals surface area contributed by atoms with Gasteiger partial charge < -0.3 is 19.7 Å². The van der Waals surface area contributed by atoms with E-state index in [1.54, 1.807) is 42.2 Å². The first-order chi connectivity index (χ1) is 16.4. The number of carbonyl (C=O) groups excluding carboxylic acids is 3. The SMILES string of the molecule is CC(=O)N1CCCN(C/C=C/C(=O)N2CCn3c(C(=O)Nc4ccccc4Cl)cnc3C2)CC1. The average molecular weight is 485 g/mol. The van der Waals surface area contributed by atoms with Gasteiger partial charge in [-0.25, -0.2) is 4.98 Å². The number of halogens is 1. The molecule has 34 heavy (non-hydrogen) atoms. The minimum absolute atomic E-state index is 0.0727. The van der Waals surface area contributed by atoms with Crippen LogP contribution in [0.5, 0.6) is 0 Å². The van der Waals surface area contributed by atoms with E-state index in [0.29, 0.717) is 48.4 Å². The Balaban J connectivity index is 1.31. The Kier molecular flexibility index (Phi) is 7.64. The lowest BCUT2D eigenvalue weighted by Crippen LogP contribution is -2.38. The van der Waals surface area contributed by atoms with Gasteiger partial charge in [-0.2, -0.15) is 0 Å². The Morgan fingerprint density at radius 3 is 2.65 bits per heavy atom. The molecule has 0 spiro atoms. The summed E-state index contributed by atoms with van der Waals surface area (Å²) in [4.78, 5) is 47.2. The average Bonchev–Trinajstić information content (AvgIpc) is 3.10. The second-order valence-corrected chi connectivity index (χ2v) is 8.87. The minimum Gasteiger partial charge on any atom is -0.342 e. The van der Waals surface area contributed by atoms with Crippen LogP contribution in [0.25, 0.3) is 0 Å². The molecule has 0 saturated carbocycles. The third-order valence-electron chi connectivity index (χ3n) is 6.19. The summed E-state index contributed by atoms with van der Waals surface area (Å²) < 4.78 is 1.84. The lowest BCUT2D eigenvalue weighted by atomic mass is 10.3. The van der Waals surface area contributed by atoms with E-state index in [-0.39, 0.29) is 17.7 Å². The summed E-state index contributed by atoms with van der Waals surface area (Å²) in [5, 5.41) is 3.29. The minimum atomic E-state index is -0.285. The van der Waals surface area contributed by atoms with Crippen molar-refractivity contribution in [3.63, 3.8) is 0 Å². The van der Waals surface area contributed by atoms with Gasteiger partial charge in [0.15, 0.2) is 0 Å². The maximum atomic E-state index is 12.7. The van der Waals surface area contributed by atoms with E-state index in [2.05, 4.69) is 15.2 Å². The second-order valence-electron chi connectivity index (χ2n) is 8.47. The van der Waals surface area contributed by atoms with Crippen LogP contribution in [-0.4, -0.2) is 81.2 Å². The molecule has 1 aromatic heterocycles. The highest BCUT2D eigenvalue weighted by molar-refractivity contribution is 6.33. The lowest BCUT2D eigenvalue weighted by Gasteiger charge is -2.27. The molecule has 0 bridgehead atoms. The number of amides is 3. The van der Waals surface area contributed by atoms with Gasteiger partial charge >= 0.3 is 0 Å². The highest BCUT2D eigenvalue weighted by atomic mass is 35.5. The molecule has 1 N–H and O–H groups in total. The topological polar surface area (TPSA) is 90.8 Å². The van der Waals surface area contributed by atoms with Crippen molar-refractivity contribution >= 4 is 35.0 Å². The van der Waals surface area contributed by atoms with Crippen LogP contribution < -0.4 is 5.32 Å². The predicted octanol–water partition coefficient (Wildman–Crippen LogP) is 2.24. The van der Waals surface area contributed by atoms with Crippen molar-refractivity contribution in [1.82, 2.24) is 24.3 Å². The first kappa shape index (κ1) is 24.0. The van der Waals surface area contributed by atoms with Crippen LogP contribution in [0.3, 0.4) is 0 Å². The summed E-state index contributed by atoms with van der Waals surface area (Å²) in [6.07, 6.45) is 5.96. The highest BCUT2D eigenvalue weighted by Gasteiger charge is 2.25. The number of hydrogen-bond donors (Lipinski definition) is 1. The van der Waals surface area contributed by atoms with Gasteiger partial charge in [0.1, 0.15) is 11.5 Å². The maximum Gasteiger partial charge on any atom is 0.273 e. The van der Waals surface area contributed by atoms with Crippen molar-refractivity contribution < 1.29 is 14.4 Å². The number of fused-ring (bicyclic) bond motifs is 1. The largest absolute Gasteiger partial charge is 0.342 e. The molecule has 0 aliphatic carbocycles. The lowest BCUT2D eigenvalue weighted by molar-refractivity contribution is -0.129. The number of nitrogens with zero attached hydrogens (tertiary/aromatic N) is 5. The summed E-state index contributed by atoms with van der Waals surface area (Å²) >= 11 is 6.14. The molecule has 1 aromatic carbocycles.